The van der Waals surface area contributed by atoms with Gasteiger partial charge in [-0.15, -0.1) is 0 Å². The van der Waals surface area contributed by atoms with Crippen LogP contribution in [-0.2, 0) is 9.59 Å². The van der Waals surface area contributed by atoms with Gasteiger partial charge in [0.2, 0.25) is 5.91 Å². The highest BCUT2D eigenvalue weighted by molar-refractivity contribution is 6.39. The number of pyridine rings is 1. The molecular formula is C21H27N5O3. The van der Waals surface area contributed by atoms with Gasteiger partial charge in [-0.3, -0.25) is 19.4 Å². The zero-order chi connectivity index (χ0) is 21.1. The van der Waals surface area contributed by atoms with E-state index in [0.717, 1.165) is 18.5 Å². The normalized spacial score (nSPS) is 26.6. The number of likely N-dealkylation sites (tertiary alicyclic amines) is 1. The molecule has 0 bridgehead atoms. The van der Waals surface area contributed by atoms with E-state index in [-0.39, 0.29) is 29.1 Å². The van der Waals surface area contributed by atoms with E-state index in [1.807, 2.05) is 18.2 Å². The Morgan fingerprint density at radius 2 is 1.97 bits per heavy atom. The monoisotopic (exact) mass is 397 g/mol. The Labute approximate surface area is 170 Å². The van der Waals surface area contributed by atoms with E-state index in [1.54, 1.807) is 4.90 Å². The van der Waals surface area contributed by atoms with E-state index in [4.69, 9.17) is 11.5 Å². The lowest BCUT2D eigenvalue weighted by atomic mass is 9.78. The highest BCUT2D eigenvalue weighted by Gasteiger charge is 2.38. The molecular weight excluding hydrogens is 370 g/mol. The molecule has 29 heavy (non-hydrogen) atoms. The van der Waals surface area contributed by atoms with Crippen molar-refractivity contribution in [2.24, 2.45) is 29.2 Å². The molecule has 4 atom stereocenters. The van der Waals surface area contributed by atoms with Crippen LogP contribution in [0.4, 0.5) is 5.69 Å². The first kappa shape index (κ1) is 20.6. The minimum Gasteiger partial charge on any atom is -0.399 e. The van der Waals surface area contributed by atoms with E-state index < -0.39 is 17.7 Å². The number of amides is 3. The Morgan fingerprint density at radius 1 is 1.21 bits per heavy atom. The summed E-state index contributed by atoms with van der Waals surface area (Å²) >= 11 is 0. The maximum Gasteiger partial charge on any atom is 0.313 e. The van der Waals surface area contributed by atoms with Gasteiger partial charge in [-0.25, -0.2) is 0 Å². The number of nitrogens with one attached hydrogen (secondary N) is 1. The molecule has 8 nitrogen and oxygen atoms in total. The zero-order valence-electron chi connectivity index (χ0n) is 16.7. The topological polar surface area (TPSA) is 131 Å². The molecule has 1 fully saturated rings. The predicted octanol–water partition coefficient (Wildman–Crippen LogP) is 1.41. The first-order valence-corrected chi connectivity index (χ1v) is 9.78. The number of piperidine rings is 1. The summed E-state index contributed by atoms with van der Waals surface area (Å²) in [5.41, 5.74) is 12.3. The van der Waals surface area contributed by atoms with Crippen LogP contribution in [-0.4, -0.2) is 40.2 Å². The molecule has 0 spiro atoms. The van der Waals surface area contributed by atoms with Crippen LogP contribution >= 0.6 is 0 Å². The molecule has 1 aliphatic heterocycles. The number of carbonyl (C=O) groups excluding carboxylic acids is 3. The third kappa shape index (κ3) is 4.64. The number of nitrogens with two attached hydrogens (primary N) is 2. The van der Waals surface area contributed by atoms with Gasteiger partial charge in [0.15, 0.2) is 0 Å². The average Bonchev–Trinajstić information content (AvgIpc) is 2.68. The summed E-state index contributed by atoms with van der Waals surface area (Å²) in [5.74, 6) is -1.41. The lowest BCUT2D eigenvalue weighted by molar-refractivity contribution is -0.147. The number of rotatable bonds is 3. The van der Waals surface area contributed by atoms with Crippen molar-refractivity contribution >= 4 is 23.4 Å². The number of primary amides is 1. The third-order valence-corrected chi connectivity index (χ3v) is 5.62. The van der Waals surface area contributed by atoms with Crippen LogP contribution in [0.25, 0.3) is 0 Å². The fraction of sp³-hybridized carbons (Fsp3) is 0.429. The second-order valence-corrected chi connectivity index (χ2v) is 7.95. The lowest BCUT2D eigenvalue weighted by Crippen LogP contribution is -2.53. The van der Waals surface area contributed by atoms with Crippen molar-refractivity contribution in [1.29, 1.82) is 0 Å². The molecule has 1 aromatic heterocycles. The van der Waals surface area contributed by atoms with Crippen LogP contribution in [0.15, 0.2) is 42.4 Å². The summed E-state index contributed by atoms with van der Waals surface area (Å²) in [7, 11) is 0. The van der Waals surface area contributed by atoms with Gasteiger partial charge in [0, 0.05) is 30.4 Å². The molecule has 0 aromatic carbocycles. The highest BCUT2D eigenvalue weighted by atomic mass is 16.2. The Morgan fingerprint density at radius 3 is 2.66 bits per heavy atom. The van der Waals surface area contributed by atoms with Crippen LogP contribution in [0.3, 0.4) is 0 Å². The second kappa shape index (κ2) is 8.46. The molecule has 0 saturated carbocycles. The molecule has 5 N–H and O–H groups in total. The summed E-state index contributed by atoms with van der Waals surface area (Å²) in [6, 6.07) is 1.33. The van der Waals surface area contributed by atoms with Crippen molar-refractivity contribution in [2.75, 3.05) is 11.9 Å². The van der Waals surface area contributed by atoms with Crippen LogP contribution in [0.1, 0.15) is 37.0 Å². The van der Waals surface area contributed by atoms with E-state index >= 15 is 0 Å². The van der Waals surface area contributed by atoms with E-state index in [0.29, 0.717) is 12.5 Å². The number of carbonyl (C=O) groups is 3. The molecule has 154 valence electrons. The summed E-state index contributed by atoms with van der Waals surface area (Å²) in [6.45, 7) is 4.67. The van der Waals surface area contributed by atoms with Gasteiger partial charge >= 0.3 is 11.8 Å². The van der Waals surface area contributed by atoms with Crippen molar-refractivity contribution in [3.8, 4) is 0 Å². The first-order chi connectivity index (χ1) is 13.8. The van der Waals surface area contributed by atoms with Crippen LogP contribution < -0.4 is 16.8 Å². The zero-order valence-corrected chi connectivity index (χ0v) is 16.7. The fourth-order valence-electron chi connectivity index (χ4n) is 4.11. The quantitative estimate of drug-likeness (QED) is 0.664. The Kier molecular flexibility index (Phi) is 6.00. The first-order valence-electron chi connectivity index (χ1n) is 9.78. The summed E-state index contributed by atoms with van der Waals surface area (Å²) in [4.78, 5) is 42.6. The van der Waals surface area contributed by atoms with Gasteiger partial charge in [0.1, 0.15) is 0 Å². The molecule has 3 amide bonds. The van der Waals surface area contributed by atoms with Crippen molar-refractivity contribution < 1.29 is 14.4 Å². The van der Waals surface area contributed by atoms with Gasteiger partial charge in [0.25, 0.3) is 0 Å². The minimum atomic E-state index is -0.755. The number of anilines is 1. The molecule has 3 rings (SSSR count). The smallest absolute Gasteiger partial charge is 0.313 e. The maximum absolute atomic E-state index is 13.0. The number of nitrogens with zero attached hydrogens (tertiary/aromatic N) is 2. The fourth-order valence-corrected chi connectivity index (χ4v) is 4.11. The lowest BCUT2D eigenvalue weighted by Gasteiger charge is -2.43. The summed E-state index contributed by atoms with van der Waals surface area (Å²) in [6.07, 6.45) is 10.4. The van der Waals surface area contributed by atoms with Gasteiger partial charge in [-0.05, 0) is 36.8 Å². The van der Waals surface area contributed by atoms with Crippen molar-refractivity contribution in [2.45, 2.75) is 32.7 Å². The Balaban J connectivity index is 1.77. The minimum absolute atomic E-state index is 0.0740. The van der Waals surface area contributed by atoms with Gasteiger partial charge in [-0.1, -0.05) is 26.0 Å². The second-order valence-electron chi connectivity index (χ2n) is 7.95. The summed E-state index contributed by atoms with van der Waals surface area (Å²) in [5, 5.41) is 2.54. The van der Waals surface area contributed by atoms with Crippen LogP contribution in [0.2, 0.25) is 0 Å². The number of hydrogen-bond acceptors (Lipinski definition) is 5. The highest BCUT2D eigenvalue weighted by Crippen LogP contribution is 2.34. The van der Waals surface area contributed by atoms with E-state index in [2.05, 4.69) is 24.1 Å². The molecule has 1 aliphatic carbocycles. The molecule has 2 unspecified atom stereocenters. The average molecular weight is 397 g/mol. The molecule has 2 heterocycles. The maximum atomic E-state index is 13.0. The number of hydrogen-bond donors (Lipinski definition) is 3. The van der Waals surface area contributed by atoms with Gasteiger partial charge in [0.05, 0.1) is 17.4 Å². The van der Waals surface area contributed by atoms with Crippen molar-refractivity contribution in [1.82, 2.24) is 9.88 Å². The SMILES string of the molecule is CC1C=C(N)C=CC1[C@@H]1CC[C@@H](C)CN1C(=O)C(=O)Nc1cncc(C(N)=O)c1. The standard InChI is InChI=1S/C21H27N5O3/c1-12-3-6-18(17-5-4-15(22)7-13(17)2)26(11-12)21(29)20(28)25-16-8-14(19(23)27)9-24-10-16/h4-5,7-10,12-13,17-18H,3,6,11,22H2,1-2H3,(H2,23,27)(H,25,28)/t12-,13?,17?,18+/m1/s1. The number of aromatic nitrogens is 1. The molecule has 2 aliphatic rings. The van der Waals surface area contributed by atoms with Crippen molar-refractivity contribution in [3.05, 3.63) is 47.9 Å². The Bertz CT molecular complexity index is 879. The largest absolute Gasteiger partial charge is 0.399 e. The molecule has 0 radical (unpaired) electrons. The van der Waals surface area contributed by atoms with Gasteiger partial charge < -0.3 is 21.7 Å². The molecule has 1 aromatic rings. The number of allylic oxidation sites excluding steroid dienone is 2. The third-order valence-electron chi connectivity index (χ3n) is 5.62. The molecule has 1 saturated heterocycles. The van der Waals surface area contributed by atoms with E-state index in [9.17, 15) is 14.4 Å². The Hall–Kier alpha value is -3.16. The van der Waals surface area contributed by atoms with Gasteiger partial charge in [-0.2, -0.15) is 0 Å². The van der Waals surface area contributed by atoms with Crippen LogP contribution in [0, 0.1) is 17.8 Å². The van der Waals surface area contributed by atoms with E-state index in [1.165, 1.54) is 18.5 Å². The predicted molar refractivity (Wildman–Crippen MR) is 109 cm³/mol. The summed E-state index contributed by atoms with van der Waals surface area (Å²) < 4.78 is 0. The molecule has 8 heteroatoms. The van der Waals surface area contributed by atoms with Crippen LogP contribution in [0.5, 0.6) is 0 Å². The van der Waals surface area contributed by atoms with Crippen molar-refractivity contribution in [3.63, 3.8) is 0 Å².